The highest BCUT2D eigenvalue weighted by Gasteiger charge is 2.20. The second kappa shape index (κ2) is 6.78. The van der Waals surface area contributed by atoms with Gasteiger partial charge < -0.3 is 5.32 Å². The van der Waals surface area contributed by atoms with Crippen molar-refractivity contribution in [1.82, 2.24) is 14.6 Å². The summed E-state index contributed by atoms with van der Waals surface area (Å²) in [5.41, 5.74) is 2.15. The van der Waals surface area contributed by atoms with Gasteiger partial charge in [0.15, 0.2) is 5.16 Å². The molecule has 0 unspecified atom stereocenters. The van der Waals surface area contributed by atoms with Crippen LogP contribution in [-0.2, 0) is 4.79 Å². The van der Waals surface area contributed by atoms with Gasteiger partial charge in [-0.15, -0.1) is 10.2 Å². The average molecular weight is 379 g/mol. The number of hydrogen-bond donors (Lipinski definition) is 1. The number of anilines is 1. The summed E-state index contributed by atoms with van der Waals surface area (Å²) in [6.07, 6.45) is 0. The highest BCUT2D eigenvalue weighted by Crippen LogP contribution is 2.31. The molecule has 4 aromatic rings. The number of nitrogens with one attached hydrogen (secondary N) is 1. The van der Waals surface area contributed by atoms with Crippen LogP contribution in [0.25, 0.3) is 15.2 Å². The number of hydrogen-bond acceptors (Lipinski definition) is 6. The first kappa shape index (κ1) is 16.6. The molecule has 2 aromatic carbocycles. The summed E-state index contributed by atoms with van der Waals surface area (Å²) in [5.74, 6) is -0.152. The van der Waals surface area contributed by atoms with Crippen molar-refractivity contribution in [3.8, 4) is 6.07 Å². The third kappa shape index (κ3) is 3.03. The van der Waals surface area contributed by atoms with Crippen molar-refractivity contribution < 1.29 is 4.79 Å². The maximum Gasteiger partial charge on any atom is 0.237 e. The molecule has 0 saturated carbocycles. The minimum absolute atomic E-state index is 0.152. The molecule has 0 bridgehead atoms. The smallest absolute Gasteiger partial charge is 0.237 e. The third-order valence-corrected chi connectivity index (χ3v) is 5.88. The van der Waals surface area contributed by atoms with Gasteiger partial charge in [0.1, 0.15) is 0 Å². The van der Waals surface area contributed by atoms with E-state index < -0.39 is 0 Å². The molecule has 0 saturated heterocycles. The van der Waals surface area contributed by atoms with Crippen LogP contribution < -0.4 is 5.32 Å². The highest BCUT2D eigenvalue weighted by molar-refractivity contribution is 8.00. The van der Waals surface area contributed by atoms with Crippen LogP contribution in [0.3, 0.4) is 0 Å². The molecule has 0 fully saturated rings. The summed E-state index contributed by atoms with van der Waals surface area (Å²) in [6, 6.07) is 16.9. The van der Waals surface area contributed by atoms with Gasteiger partial charge >= 0.3 is 0 Å². The molecule has 1 atom stereocenters. The molecule has 0 radical (unpaired) electrons. The van der Waals surface area contributed by atoms with E-state index in [-0.39, 0.29) is 11.2 Å². The molecular weight excluding hydrogens is 366 g/mol. The zero-order chi connectivity index (χ0) is 18.1. The third-order valence-electron chi connectivity index (χ3n) is 3.82. The number of carbonyl (C=O) groups excluding carboxylic acids is 1. The molecule has 1 amide bonds. The Labute approximate surface area is 157 Å². The molecule has 2 aromatic heterocycles. The number of nitrogens with zero attached hydrogens (tertiary/aromatic N) is 4. The molecule has 0 aliphatic heterocycles. The maximum absolute atomic E-state index is 12.5. The molecular formula is C18H13N5OS2. The second-order valence-electron chi connectivity index (χ2n) is 5.61. The minimum Gasteiger partial charge on any atom is -0.325 e. The Morgan fingerprint density at radius 2 is 2.12 bits per heavy atom. The Bertz CT molecular complexity index is 1160. The van der Waals surface area contributed by atoms with E-state index in [1.807, 2.05) is 35.6 Å². The first-order valence-electron chi connectivity index (χ1n) is 7.86. The lowest BCUT2D eigenvalue weighted by Gasteiger charge is -2.11. The first-order valence-corrected chi connectivity index (χ1v) is 9.55. The van der Waals surface area contributed by atoms with Gasteiger partial charge in [-0.2, -0.15) is 5.26 Å². The van der Waals surface area contributed by atoms with Crippen LogP contribution in [0.1, 0.15) is 12.5 Å². The summed E-state index contributed by atoms with van der Waals surface area (Å²) in [6.45, 7) is 1.82. The SMILES string of the molecule is C[C@@H](Sc1nnc2sc3ccccc3n12)C(=O)Nc1cccc(C#N)c1. The van der Waals surface area contributed by atoms with Crippen LogP contribution in [-0.4, -0.2) is 25.8 Å². The first-order chi connectivity index (χ1) is 12.7. The zero-order valence-corrected chi connectivity index (χ0v) is 15.3. The maximum atomic E-state index is 12.5. The number of amides is 1. The Morgan fingerprint density at radius 3 is 2.96 bits per heavy atom. The van der Waals surface area contributed by atoms with Crippen molar-refractivity contribution in [2.24, 2.45) is 0 Å². The predicted octanol–water partition coefficient (Wildman–Crippen LogP) is 3.93. The van der Waals surface area contributed by atoms with Crippen molar-refractivity contribution in [2.45, 2.75) is 17.3 Å². The van der Waals surface area contributed by atoms with Crippen molar-refractivity contribution in [3.05, 3.63) is 54.1 Å². The van der Waals surface area contributed by atoms with Crippen LogP contribution in [0.4, 0.5) is 5.69 Å². The van der Waals surface area contributed by atoms with Crippen LogP contribution in [0.2, 0.25) is 0 Å². The molecule has 0 aliphatic carbocycles. The fraction of sp³-hybridized carbons (Fsp3) is 0.111. The fourth-order valence-corrected chi connectivity index (χ4v) is 4.44. The molecule has 0 aliphatic rings. The number of benzene rings is 2. The van der Waals surface area contributed by atoms with Gasteiger partial charge in [0.2, 0.25) is 10.9 Å². The van der Waals surface area contributed by atoms with Gasteiger partial charge in [0.05, 0.1) is 27.1 Å². The number of carbonyl (C=O) groups is 1. The van der Waals surface area contributed by atoms with Crippen LogP contribution >= 0.6 is 23.1 Å². The fourth-order valence-electron chi connectivity index (χ4n) is 2.55. The number of fused-ring (bicyclic) bond motifs is 3. The molecule has 0 spiro atoms. The summed E-state index contributed by atoms with van der Waals surface area (Å²) >= 11 is 2.93. The number of rotatable bonds is 4. The normalized spacial score (nSPS) is 12.2. The van der Waals surface area contributed by atoms with E-state index in [0.29, 0.717) is 16.4 Å². The topological polar surface area (TPSA) is 83.1 Å². The lowest BCUT2D eigenvalue weighted by Crippen LogP contribution is -2.22. The van der Waals surface area contributed by atoms with E-state index in [9.17, 15) is 4.79 Å². The number of para-hydroxylation sites is 1. The number of nitriles is 1. The monoisotopic (exact) mass is 379 g/mol. The minimum atomic E-state index is -0.369. The molecule has 128 valence electrons. The van der Waals surface area contributed by atoms with E-state index in [0.717, 1.165) is 15.2 Å². The van der Waals surface area contributed by atoms with Crippen molar-refractivity contribution >= 4 is 49.9 Å². The van der Waals surface area contributed by atoms with Gasteiger partial charge in [-0.25, -0.2) is 0 Å². The molecule has 6 nitrogen and oxygen atoms in total. The van der Waals surface area contributed by atoms with E-state index in [1.165, 1.54) is 11.8 Å². The van der Waals surface area contributed by atoms with E-state index in [1.54, 1.807) is 35.6 Å². The lowest BCUT2D eigenvalue weighted by molar-refractivity contribution is -0.115. The molecule has 2 heterocycles. The quantitative estimate of drug-likeness (QED) is 0.543. The van der Waals surface area contributed by atoms with Crippen molar-refractivity contribution in [3.63, 3.8) is 0 Å². The lowest BCUT2D eigenvalue weighted by atomic mass is 10.2. The summed E-state index contributed by atoms with van der Waals surface area (Å²) in [5, 5.41) is 20.6. The standard InChI is InChI=1S/C18H13N5OS2/c1-11(16(24)20-13-6-4-5-12(9-13)10-19)25-17-21-22-18-23(17)14-7-2-3-8-15(14)26-18/h2-9,11H,1H3,(H,20,24)/t11-/m1/s1. The largest absolute Gasteiger partial charge is 0.325 e. The van der Waals surface area contributed by atoms with Gasteiger partial charge in [-0.1, -0.05) is 41.3 Å². The molecule has 8 heteroatoms. The molecule has 26 heavy (non-hydrogen) atoms. The van der Waals surface area contributed by atoms with Crippen molar-refractivity contribution in [1.29, 1.82) is 5.26 Å². The van der Waals surface area contributed by atoms with E-state index in [4.69, 9.17) is 5.26 Å². The van der Waals surface area contributed by atoms with E-state index in [2.05, 4.69) is 21.6 Å². The van der Waals surface area contributed by atoms with Crippen LogP contribution in [0.15, 0.2) is 53.7 Å². The van der Waals surface area contributed by atoms with Gasteiger partial charge in [-0.3, -0.25) is 9.20 Å². The molecule has 4 rings (SSSR count). The summed E-state index contributed by atoms with van der Waals surface area (Å²) in [7, 11) is 0. The van der Waals surface area contributed by atoms with Crippen molar-refractivity contribution in [2.75, 3.05) is 5.32 Å². The molecule has 1 N–H and O–H groups in total. The summed E-state index contributed by atoms with van der Waals surface area (Å²) in [4.78, 5) is 13.3. The van der Waals surface area contributed by atoms with Gasteiger partial charge in [0, 0.05) is 5.69 Å². The van der Waals surface area contributed by atoms with E-state index >= 15 is 0 Å². The predicted molar refractivity (Wildman–Crippen MR) is 103 cm³/mol. The Morgan fingerprint density at radius 1 is 1.27 bits per heavy atom. The van der Waals surface area contributed by atoms with Gasteiger partial charge in [0.25, 0.3) is 0 Å². The Kier molecular flexibility index (Phi) is 4.32. The average Bonchev–Trinajstić information content (AvgIpc) is 3.21. The highest BCUT2D eigenvalue weighted by atomic mass is 32.2. The number of thiazole rings is 1. The Balaban J connectivity index is 1.56. The second-order valence-corrected chi connectivity index (χ2v) is 7.93. The number of thioether (sulfide) groups is 1. The Hall–Kier alpha value is -2.89. The number of aromatic nitrogens is 3. The summed E-state index contributed by atoms with van der Waals surface area (Å²) < 4.78 is 3.11. The van der Waals surface area contributed by atoms with Gasteiger partial charge in [-0.05, 0) is 37.3 Å². The van der Waals surface area contributed by atoms with Crippen LogP contribution in [0, 0.1) is 11.3 Å². The zero-order valence-electron chi connectivity index (χ0n) is 13.7. The van der Waals surface area contributed by atoms with Crippen LogP contribution in [0.5, 0.6) is 0 Å².